The lowest BCUT2D eigenvalue weighted by molar-refractivity contribution is 0.415. The van der Waals surface area contributed by atoms with Crippen molar-refractivity contribution in [1.29, 1.82) is 0 Å². The fourth-order valence-corrected chi connectivity index (χ4v) is 1.55. The molecule has 0 aliphatic carbocycles. The van der Waals surface area contributed by atoms with E-state index in [4.69, 9.17) is 4.74 Å². The van der Waals surface area contributed by atoms with Crippen LogP contribution in [0.1, 0.15) is 5.82 Å². The van der Waals surface area contributed by atoms with Crippen LogP contribution in [-0.2, 0) is 7.05 Å². The van der Waals surface area contributed by atoms with Gasteiger partial charge >= 0.3 is 0 Å². The smallest absolute Gasteiger partial charge is 0.119 e. The average molecular weight is 202 g/mol. The molecule has 1 aromatic carbocycles. The van der Waals surface area contributed by atoms with E-state index >= 15 is 0 Å². The highest BCUT2D eigenvalue weighted by atomic mass is 16.5. The van der Waals surface area contributed by atoms with Crippen LogP contribution in [0, 0.1) is 6.92 Å². The fraction of sp³-hybridized carbons (Fsp3) is 0.250. The lowest BCUT2D eigenvalue weighted by Gasteiger charge is -2.05. The van der Waals surface area contributed by atoms with Gasteiger partial charge in [-0.3, -0.25) is 0 Å². The maximum absolute atomic E-state index is 5.19. The van der Waals surface area contributed by atoms with Crippen LogP contribution in [-0.4, -0.2) is 16.7 Å². The fourth-order valence-electron chi connectivity index (χ4n) is 1.55. The minimum Gasteiger partial charge on any atom is -0.497 e. The van der Waals surface area contributed by atoms with Crippen molar-refractivity contribution in [3.05, 3.63) is 36.3 Å². The normalized spacial score (nSPS) is 10.3. The molecule has 0 saturated heterocycles. The molecule has 78 valence electrons. The Labute approximate surface area is 89.3 Å². The van der Waals surface area contributed by atoms with Crippen molar-refractivity contribution in [3.8, 4) is 17.0 Å². The third-order valence-electron chi connectivity index (χ3n) is 2.59. The lowest BCUT2D eigenvalue weighted by atomic mass is 10.1. The molecule has 15 heavy (non-hydrogen) atoms. The molecule has 3 nitrogen and oxygen atoms in total. The number of imidazole rings is 1. The molecule has 0 atom stereocenters. The number of nitrogens with zero attached hydrogens (tertiary/aromatic N) is 2. The number of aryl methyl sites for hydroxylation is 1. The van der Waals surface area contributed by atoms with E-state index in [2.05, 4.69) is 15.6 Å². The number of aromatic nitrogens is 2. The summed E-state index contributed by atoms with van der Waals surface area (Å²) in [6.07, 6.45) is 1.88. The predicted molar refractivity (Wildman–Crippen MR) is 59.9 cm³/mol. The summed E-state index contributed by atoms with van der Waals surface area (Å²) in [4.78, 5) is 4.27. The van der Waals surface area contributed by atoms with E-state index in [1.54, 1.807) is 7.11 Å². The van der Waals surface area contributed by atoms with E-state index in [-0.39, 0.29) is 0 Å². The molecule has 0 unspecified atom stereocenters. The number of ether oxygens (including phenoxy) is 1. The molecule has 2 rings (SSSR count). The first kappa shape index (κ1) is 9.77. The van der Waals surface area contributed by atoms with E-state index < -0.39 is 0 Å². The summed E-state index contributed by atoms with van der Waals surface area (Å²) in [5.41, 5.74) is 2.23. The van der Waals surface area contributed by atoms with Gasteiger partial charge in [0.05, 0.1) is 19.0 Å². The lowest BCUT2D eigenvalue weighted by Crippen LogP contribution is -1.94. The highest BCUT2D eigenvalue weighted by molar-refractivity contribution is 5.61. The van der Waals surface area contributed by atoms with Gasteiger partial charge in [0.1, 0.15) is 11.6 Å². The molecule has 1 heterocycles. The number of benzene rings is 1. The van der Waals surface area contributed by atoms with Crippen molar-refractivity contribution in [2.24, 2.45) is 7.05 Å². The first-order valence-corrected chi connectivity index (χ1v) is 4.85. The van der Waals surface area contributed by atoms with Crippen LogP contribution in [0.3, 0.4) is 0 Å². The van der Waals surface area contributed by atoms with Gasteiger partial charge in [0.25, 0.3) is 0 Å². The molecule has 2 aromatic rings. The molecule has 0 radical (unpaired) electrons. The van der Waals surface area contributed by atoms with Crippen molar-refractivity contribution >= 4 is 0 Å². The Bertz CT molecular complexity index is 474. The summed E-state index contributed by atoms with van der Waals surface area (Å²) >= 11 is 0. The second-order valence-electron chi connectivity index (χ2n) is 3.48. The first-order chi connectivity index (χ1) is 7.22. The number of methoxy groups -OCH3 is 1. The van der Waals surface area contributed by atoms with E-state index in [0.717, 1.165) is 22.8 Å². The van der Waals surface area contributed by atoms with Gasteiger partial charge in [-0.2, -0.15) is 0 Å². The van der Waals surface area contributed by atoms with Crippen LogP contribution in [0.25, 0.3) is 11.3 Å². The molecular formula is C12H14N2O. The predicted octanol–water partition coefficient (Wildman–Crippen LogP) is 2.40. The summed E-state index contributed by atoms with van der Waals surface area (Å²) in [6.45, 7) is 1.99. The molecule has 0 saturated carbocycles. The third-order valence-corrected chi connectivity index (χ3v) is 2.59. The van der Waals surface area contributed by atoms with Gasteiger partial charge < -0.3 is 9.30 Å². The van der Waals surface area contributed by atoms with Gasteiger partial charge in [0.15, 0.2) is 0 Å². The number of hydrogen-bond acceptors (Lipinski definition) is 2. The molecule has 0 aliphatic heterocycles. The van der Waals surface area contributed by atoms with Crippen LogP contribution in [0.4, 0.5) is 0 Å². The molecular weight excluding hydrogens is 188 g/mol. The van der Waals surface area contributed by atoms with Gasteiger partial charge in [-0.25, -0.2) is 4.98 Å². The Morgan fingerprint density at radius 1 is 1.33 bits per heavy atom. The zero-order chi connectivity index (χ0) is 10.8. The summed E-state index contributed by atoms with van der Waals surface area (Å²) in [5, 5.41) is 0. The van der Waals surface area contributed by atoms with Crippen LogP contribution < -0.4 is 4.74 Å². The molecule has 1 aromatic heterocycles. The van der Waals surface area contributed by atoms with E-state index in [9.17, 15) is 0 Å². The van der Waals surface area contributed by atoms with Crippen molar-refractivity contribution in [2.45, 2.75) is 6.92 Å². The average Bonchev–Trinajstić information content (AvgIpc) is 2.60. The van der Waals surface area contributed by atoms with Crippen molar-refractivity contribution < 1.29 is 4.74 Å². The van der Waals surface area contributed by atoms with Crippen molar-refractivity contribution in [2.75, 3.05) is 7.11 Å². The van der Waals surface area contributed by atoms with E-state index in [1.165, 1.54) is 0 Å². The maximum Gasteiger partial charge on any atom is 0.119 e. The second kappa shape index (κ2) is 3.77. The first-order valence-electron chi connectivity index (χ1n) is 4.85. The molecule has 3 heteroatoms. The molecule has 0 aliphatic rings. The van der Waals surface area contributed by atoms with Gasteiger partial charge in [0, 0.05) is 12.6 Å². The monoisotopic (exact) mass is 202 g/mol. The zero-order valence-electron chi connectivity index (χ0n) is 9.19. The SMILES string of the molecule is COc1cccc(-c2cnc(C)n2C)c1. The van der Waals surface area contributed by atoms with Crippen LogP contribution >= 0.6 is 0 Å². The van der Waals surface area contributed by atoms with E-state index in [0.29, 0.717) is 0 Å². The van der Waals surface area contributed by atoms with Crippen molar-refractivity contribution in [1.82, 2.24) is 9.55 Å². The quantitative estimate of drug-likeness (QED) is 0.747. The Morgan fingerprint density at radius 2 is 2.13 bits per heavy atom. The highest BCUT2D eigenvalue weighted by Crippen LogP contribution is 2.23. The summed E-state index contributed by atoms with van der Waals surface area (Å²) in [6, 6.07) is 7.98. The van der Waals surface area contributed by atoms with Crippen LogP contribution in [0.5, 0.6) is 5.75 Å². The Hall–Kier alpha value is -1.77. The van der Waals surface area contributed by atoms with Crippen molar-refractivity contribution in [3.63, 3.8) is 0 Å². The summed E-state index contributed by atoms with van der Waals surface area (Å²) < 4.78 is 7.26. The number of rotatable bonds is 2. The zero-order valence-corrected chi connectivity index (χ0v) is 9.19. The Balaban J connectivity index is 2.49. The third kappa shape index (κ3) is 1.73. The standard InChI is InChI=1S/C12H14N2O/c1-9-13-8-12(14(9)2)10-5-4-6-11(7-10)15-3/h4-8H,1-3H3. The minimum atomic E-state index is 0.867. The summed E-state index contributed by atoms with van der Waals surface area (Å²) in [5.74, 6) is 1.87. The molecule has 0 N–H and O–H groups in total. The minimum absolute atomic E-state index is 0.867. The second-order valence-corrected chi connectivity index (χ2v) is 3.48. The number of hydrogen-bond donors (Lipinski definition) is 0. The Kier molecular flexibility index (Phi) is 2.46. The van der Waals surface area contributed by atoms with Crippen LogP contribution in [0.2, 0.25) is 0 Å². The molecule has 0 bridgehead atoms. The maximum atomic E-state index is 5.19. The van der Waals surface area contributed by atoms with E-state index in [1.807, 2.05) is 38.4 Å². The largest absolute Gasteiger partial charge is 0.497 e. The highest BCUT2D eigenvalue weighted by Gasteiger charge is 2.05. The Morgan fingerprint density at radius 3 is 2.73 bits per heavy atom. The van der Waals surface area contributed by atoms with Gasteiger partial charge in [0.2, 0.25) is 0 Å². The summed E-state index contributed by atoms with van der Waals surface area (Å²) in [7, 11) is 3.69. The molecule has 0 fully saturated rings. The topological polar surface area (TPSA) is 27.1 Å². The van der Waals surface area contributed by atoms with Gasteiger partial charge in [-0.1, -0.05) is 12.1 Å². The van der Waals surface area contributed by atoms with Gasteiger partial charge in [-0.05, 0) is 19.1 Å². The van der Waals surface area contributed by atoms with Crippen LogP contribution in [0.15, 0.2) is 30.5 Å². The van der Waals surface area contributed by atoms with Gasteiger partial charge in [-0.15, -0.1) is 0 Å². The molecule has 0 amide bonds. The molecule has 0 spiro atoms.